The smallest absolute Gasteiger partial charge is 0.309 e. The van der Waals surface area contributed by atoms with Crippen LogP contribution < -0.4 is 15.8 Å². The van der Waals surface area contributed by atoms with Crippen LogP contribution in [-0.2, 0) is 30.8 Å². The predicted octanol–water partition coefficient (Wildman–Crippen LogP) is -0.423. The summed E-state index contributed by atoms with van der Waals surface area (Å²) in [6.07, 6.45) is 3.89. The maximum absolute atomic E-state index is 12.3. The molecule has 1 aliphatic heterocycles. The molecule has 0 aliphatic carbocycles. The van der Waals surface area contributed by atoms with Crippen LogP contribution in [0.1, 0.15) is 17.2 Å². The molecule has 4 N–H and O–H groups in total. The van der Waals surface area contributed by atoms with Crippen molar-refractivity contribution in [2.75, 3.05) is 39.4 Å². The van der Waals surface area contributed by atoms with Crippen molar-refractivity contribution >= 4 is 21.8 Å². The highest BCUT2D eigenvalue weighted by Crippen LogP contribution is 2.20. The number of carbonyl (C=O) groups excluding carboxylic acids is 2. The molecule has 11 heteroatoms. The number of hydrogen-bond donors (Lipinski definition) is 3. The van der Waals surface area contributed by atoms with Gasteiger partial charge in [0.2, 0.25) is 10.0 Å². The van der Waals surface area contributed by atoms with Crippen molar-refractivity contribution < 1.29 is 22.7 Å². The van der Waals surface area contributed by atoms with Gasteiger partial charge >= 0.3 is 11.8 Å². The summed E-state index contributed by atoms with van der Waals surface area (Å²) in [6.45, 7) is 3.19. The third kappa shape index (κ3) is 6.82. The summed E-state index contributed by atoms with van der Waals surface area (Å²) in [7, 11) is -3.74. The van der Waals surface area contributed by atoms with Crippen LogP contribution >= 0.6 is 0 Å². The lowest BCUT2D eigenvalue weighted by Gasteiger charge is -2.34. The third-order valence-electron chi connectivity index (χ3n) is 5.17. The van der Waals surface area contributed by atoms with E-state index in [9.17, 15) is 18.0 Å². The molecule has 0 bridgehead atoms. The zero-order chi connectivity index (χ0) is 23.0. The maximum atomic E-state index is 12.3. The van der Waals surface area contributed by atoms with Gasteiger partial charge in [0.1, 0.15) is 0 Å². The van der Waals surface area contributed by atoms with E-state index in [1.807, 2.05) is 12.1 Å². The van der Waals surface area contributed by atoms with Gasteiger partial charge in [-0.15, -0.1) is 0 Å². The second-order valence-corrected chi connectivity index (χ2v) is 8.92. The number of hydrogen-bond acceptors (Lipinski definition) is 7. The number of nitrogens with two attached hydrogens (primary N) is 1. The summed E-state index contributed by atoms with van der Waals surface area (Å²) in [5, 5.41) is 10.4. The quantitative estimate of drug-likeness (QED) is 0.453. The van der Waals surface area contributed by atoms with E-state index in [1.165, 1.54) is 12.1 Å². The van der Waals surface area contributed by atoms with E-state index in [2.05, 4.69) is 20.5 Å². The highest BCUT2D eigenvalue weighted by molar-refractivity contribution is 7.89. The molecule has 1 fully saturated rings. The Morgan fingerprint density at radius 1 is 1.09 bits per heavy atom. The predicted molar refractivity (Wildman–Crippen MR) is 117 cm³/mol. The van der Waals surface area contributed by atoms with Crippen LogP contribution in [0.2, 0.25) is 0 Å². The lowest BCUT2D eigenvalue weighted by Crippen LogP contribution is -2.47. The lowest BCUT2D eigenvalue weighted by molar-refractivity contribution is -0.139. The van der Waals surface area contributed by atoms with Gasteiger partial charge in [0, 0.05) is 38.6 Å². The van der Waals surface area contributed by atoms with E-state index in [-0.39, 0.29) is 24.0 Å². The molecule has 2 heterocycles. The van der Waals surface area contributed by atoms with E-state index in [4.69, 9.17) is 9.88 Å². The normalized spacial score (nSPS) is 15.7. The molecule has 2 amide bonds. The van der Waals surface area contributed by atoms with Crippen molar-refractivity contribution in [1.82, 2.24) is 20.5 Å². The number of carbonyl (C=O) groups is 2. The summed E-state index contributed by atoms with van der Waals surface area (Å²) in [6, 6.07) is 9.72. The minimum absolute atomic E-state index is 0.0214. The van der Waals surface area contributed by atoms with Gasteiger partial charge < -0.3 is 15.4 Å². The molecule has 1 aromatic carbocycles. The van der Waals surface area contributed by atoms with Crippen molar-refractivity contribution in [2.24, 2.45) is 5.14 Å². The average Bonchev–Trinajstić information content (AvgIpc) is 2.80. The van der Waals surface area contributed by atoms with Crippen LogP contribution in [0.15, 0.2) is 53.7 Å². The summed E-state index contributed by atoms with van der Waals surface area (Å²) in [5.74, 6) is -1.44. The van der Waals surface area contributed by atoms with Crippen molar-refractivity contribution in [2.45, 2.75) is 17.4 Å². The largest absolute Gasteiger partial charge is 0.379 e. The number of primary sulfonamides is 1. The maximum Gasteiger partial charge on any atom is 0.309 e. The number of nitrogens with one attached hydrogen (secondary N) is 2. The number of amides is 2. The Morgan fingerprint density at radius 3 is 2.41 bits per heavy atom. The number of sulfonamides is 1. The van der Waals surface area contributed by atoms with Crippen LogP contribution in [0.25, 0.3) is 0 Å². The molecular weight excluding hydrogens is 434 g/mol. The van der Waals surface area contributed by atoms with Crippen molar-refractivity contribution in [3.63, 3.8) is 0 Å². The van der Waals surface area contributed by atoms with Crippen molar-refractivity contribution in [1.29, 1.82) is 0 Å². The second-order valence-electron chi connectivity index (χ2n) is 7.36. The SMILES string of the molecule is NS(=O)(=O)c1ccc(CCNC(=O)C(=O)NC[C@H](c2cccnc2)N2CCOCC2)cc1. The standard InChI is InChI=1S/C21H27N5O5S/c22-32(29,30)18-5-3-16(4-6-18)7-9-24-20(27)21(28)25-15-19(17-2-1-8-23-14-17)26-10-12-31-13-11-26/h1-6,8,14,19H,7,9-13,15H2,(H,24,27)(H,25,28)(H2,22,29,30)/t19-/m1/s1. The first-order valence-electron chi connectivity index (χ1n) is 10.2. The van der Waals surface area contributed by atoms with E-state index < -0.39 is 21.8 Å². The van der Waals surface area contributed by atoms with Crippen molar-refractivity contribution in [3.05, 3.63) is 59.9 Å². The summed E-state index contributed by atoms with van der Waals surface area (Å²) < 4.78 is 28.0. The lowest BCUT2D eigenvalue weighted by atomic mass is 10.1. The van der Waals surface area contributed by atoms with Gasteiger partial charge in [0.05, 0.1) is 24.2 Å². The minimum atomic E-state index is -3.74. The van der Waals surface area contributed by atoms with Gasteiger partial charge in [-0.3, -0.25) is 19.5 Å². The van der Waals surface area contributed by atoms with Gasteiger partial charge in [0.15, 0.2) is 0 Å². The minimum Gasteiger partial charge on any atom is -0.379 e. The number of nitrogens with zero attached hydrogens (tertiary/aromatic N) is 2. The monoisotopic (exact) mass is 461 g/mol. The van der Waals surface area contributed by atoms with E-state index in [0.29, 0.717) is 19.6 Å². The van der Waals surface area contributed by atoms with Crippen molar-refractivity contribution in [3.8, 4) is 0 Å². The van der Waals surface area contributed by atoms with Crippen LogP contribution in [0.4, 0.5) is 0 Å². The van der Waals surface area contributed by atoms with Gasteiger partial charge in [-0.25, -0.2) is 13.6 Å². The molecule has 0 unspecified atom stereocenters. The molecule has 10 nitrogen and oxygen atoms in total. The van der Waals surface area contributed by atoms with E-state index >= 15 is 0 Å². The average molecular weight is 462 g/mol. The van der Waals surface area contributed by atoms with Gasteiger partial charge in [-0.2, -0.15) is 0 Å². The molecule has 0 spiro atoms. The molecule has 2 aromatic rings. The Kier molecular flexibility index (Phi) is 8.28. The topological polar surface area (TPSA) is 144 Å². The number of morpholine rings is 1. The molecule has 1 saturated heterocycles. The number of aromatic nitrogens is 1. The molecule has 0 saturated carbocycles. The Hall–Kier alpha value is -2.86. The first-order chi connectivity index (χ1) is 15.3. The molecule has 1 atom stereocenters. The molecule has 1 aliphatic rings. The summed E-state index contributed by atoms with van der Waals surface area (Å²) >= 11 is 0. The molecule has 0 radical (unpaired) electrons. The Bertz CT molecular complexity index is 1010. The van der Waals surface area contributed by atoms with Crippen LogP contribution in [0, 0.1) is 0 Å². The Balaban J connectivity index is 1.49. The fourth-order valence-corrected chi connectivity index (χ4v) is 3.95. The zero-order valence-corrected chi connectivity index (χ0v) is 18.4. The highest BCUT2D eigenvalue weighted by atomic mass is 32.2. The molecule has 1 aromatic heterocycles. The first kappa shape index (κ1) is 23.8. The third-order valence-corrected chi connectivity index (χ3v) is 6.10. The number of pyridine rings is 1. The second kappa shape index (κ2) is 11.1. The summed E-state index contributed by atoms with van der Waals surface area (Å²) in [5.41, 5.74) is 1.76. The number of ether oxygens (including phenoxy) is 1. The molecule has 3 rings (SSSR count). The Labute approximate surface area is 187 Å². The van der Waals surface area contributed by atoms with Crippen LogP contribution in [0.3, 0.4) is 0 Å². The van der Waals surface area contributed by atoms with E-state index in [0.717, 1.165) is 24.2 Å². The van der Waals surface area contributed by atoms with E-state index in [1.54, 1.807) is 24.5 Å². The van der Waals surface area contributed by atoms with Gasteiger partial charge in [0.25, 0.3) is 0 Å². The number of benzene rings is 1. The summed E-state index contributed by atoms with van der Waals surface area (Å²) in [4.78, 5) is 30.9. The molecule has 32 heavy (non-hydrogen) atoms. The molecule has 172 valence electrons. The Morgan fingerprint density at radius 2 is 1.78 bits per heavy atom. The highest BCUT2D eigenvalue weighted by Gasteiger charge is 2.24. The number of rotatable bonds is 8. The van der Waals surface area contributed by atoms with Crippen LogP contribution in [0.5, 0.6) is 0 Å². The van der Waals surface area contributed by atoms with Crippen LogP contribution in [-0.4, -0.2) is 69.5 Å². The fraction of sp³-hybridized carbons (Fsp3) is 0.381. The van der Waals surface area contributed by atoms with Gasteiger partial charge in [-0.05, 0) is 35.7 Å². The van der Waals surface area contributed by atoms with Gasteiger partial charge in [-0.1, -0.05) is 18.2 Å². The zero-order valence-electron chi connectivity index (χ0n) is 17.6. The first-order valence-corrected chi connectivity index (χ1v) is 11.8. The fourth-order valence-electron chi connectivity index (χ4n) is 3.44. The molecular formula is C21H27N5O5S.